The van der Waals surface area contributed by atoms with E-state index >= 15 is 0 Å². The van der Waals surface area contributed by atoms with Crippen molar-refractivity contribution >= 4 is 0 Å². The molecule has 0 spiro atoms. The molecule has 2 aliphatic carbocycles. The van der Waals surface area contributed by atoms with Crippen LogP contribution in [0.5, 0.6) is 5.75 Å². The fourth-order valence-electron chi connectivity index (χ4n) is 6.51. The SMILES string of the molecule is Cc1ccc(O)cc1CC[C@@H]1[C@H](O)CC[C@]2(C)[C@@H]([C@H](C)C=CCC(C)C)CC[C@@H]12. The first kappa shape index (κ1) is 22.4. The molecular weight excluding hydrogens is 356 g/mol. The zero-order valence-corrected chi connectivity index (χ0v) is 19.2. The molecule has 2 fully saturated rings. The summed E-state index contributed by atoms with van der Waals surface area (Å²) >= 11 is 0. The van der Waals surface area contributed by atoms with Crippen molar-refractivity contribution in [3.05, 3.63) is 41.5 Å². The largest absolute Gasteiger partial charge is 0.508 e. The molecule has 1 aromatic carbocycles. The van der Waals surface area contributed by atoms with Gasteiger partial charge in [0, 0.05) is 0 Å². The first-order chi connectivity index (χ1) is 13.7. The number of aliphatic hydroxyl groups excluding tert-OH is 1. The van der Waals surface area contributed by atoms with Gasteiger partial charge in [0.1, 0.15) is 5.75 Å². The molecule has 2 aliphatic rings. The molecule has 6 atom stereocenters. The van der Waals surface area contributed by atoms with E-state index in [0.717, 1.165) is 37.5 Å². The Labute approximate surface area is 178 Å². The number of benzene rings is 1. The Kier molecular flexibility index (Phi) is 7.14. The molecule has 0 aliphatic heterocycles. The van der Waals surface area contributed by atoms with Gasteiger partial charge in [-0.1, -0.05) is 45.9 Å². The molecule has 2 N–H and O–H groups in total. The molecule has 0 radical (unpaired) electrons. The van der Waals surface area contributed by atoms with Crippen LogP contribution in [-0.4, -0.2) is 16.3 Å². The number of phenols is 1. The van der Waals surface area contributed by atoms with E-state index < -0.39 is 0 Å². The van der Waals surface area contributed by atoms with Crippen LogP contribution in [0.1, 0.15) is 77.3 Å². The number of phenolic OH excluding ortho intramolecular Hbond substituents is 1. The van der Waals surface area contributed by atoms with E-state index in [2.05, 4.69) is 46.8 Å². The van der Waals surface area contributed by atoms with Gasteiger partial charge in [-0.05, 0) is 110 Å². The Hall–Kier alpha value is -1.28. The van der Waals surface area contributed by atoms with Gasteiger partial charge in [-0.15, -0.1) is 0 Å². The Bertz CT molecular complexity index is 706. The molecule has 162 valence electrons. The first-order valence-corrected chi connectivity index (χ1v) is 11.9. The smallest absolute Gasteiger partial charge is 0.115 e. The van der Waals surface area contributed by atoms with Crippen LogP contribution in [0, 0.1) is 41.9 Å². The van der Waals surface area contributed by atoms with Crippen LogP contribution >= 0.6 is 0 Å². The normalized spacial score (nSPS) is 33.3. The summed E-state index contributed by atoms with van der Waals surface area (Å²) in [5, 5.41) is 20.8. The van der Waals surface area contributed by atoms with Gasteiger partial charge in [-0.25, -0.2) is 0 Å². The summed E-state index contributed by atoms with van der Waals surface area (Å²) in [5.41, 5.74) is 2.81. The summed E-state index contributed by atoms with van der Waals surface area (Å²) in [6.45, 7) is 11.6. The number of hydrogen-bond donors (Lipinski definition) is 2. The van der Waals surface area contributed by atoms with Gasteiger partial charge >= 0.3 is 0 Å². The van der Waals surface area contributed by atoms with Gasteiger partial charge < -0.3 is 10.2 Å². The van der Waals surface area contributed by atoms with E-state index in [-0.39, 0.29) is 6.10 Å². The van der Waals surface area contributed by atoms with E-state index in [0.29, 0.717) is 28.9 Å². The summed E-state index contributed by atoms with van der Waals surface area (Å²) in [7, 11) is 0. The van der Waals surface area contributed by atoms with Gasteiger partial charge in [-0.3, -0.25) is 0 Å². The molecule has 29 heavy (non-hydrogen) atoms. The molecule has 0 unspecified atom stereocenters. The number of hydrogen-bond acceptors (Lipinski definition) is 2. The van der Waals surface area contributed by atoms with Crippen LogP contribution in [0.3, 0.4) is 0 Å². The topological polar surface area (TPSA) is 40.5 Å². The predicted octanol–water partition coefficient (Wildman–Crippen LogP) is 6.68. The standard InChI is InChI=1S/C27H42O2/c1-18(2)7-6-8-20(4)24-13-14-25-23(26(29)15-16-27(24,25)5)12-10-21-17-22(28)11-9-19(21)3/h6,8-9,11,17-18,20,23-26,28-29H,7,10,12-16H2,1-5H3/t20-,23+,24-,25+,26-,27-/m1/s1. The van der Waals surface area contributed by atoms with Crippen molar-refractivity contribution < 1.29 is 10.2 Å². The quantitative estimate of drug-likeness (QED) is 0.503. The Morgan fingerprint density at radius 1 is 1.17 bits per heavy atom. The number of aryl methyl sites for hydroxylation is 2. The van der Waals surface area contributed by atoms with Crippen LogP contribution in [0.2, 0.25) is 0 Å². The summed E-state index contributed by atoms with van der Waals surface area (Å²) in [6, 6.07) is 5.67. The Morgan fingerprint density at radius 3 is 2.66 bits per heavy atom. The molecule has 0 amide bonds. The number of rotatable bonds is 7. The van der Waals surface area contributed by atoms with Crippen LogP contribution < -0.4 is 0 Å². The van der Waals surface area contributed by atoms with E-state index in [1.807, 2.05) is 12.1 Å². The fourth-order valence-corrected chi connectivity index (χ4v) is 6.51. The zero-order chi connectivity index (χ0) is 21.2. The lowest BCUT2D eigenvalue weighted by Gasteiger charge is -2.48. The summed E-state index contributed by atoms with van der Waals surface area (Å²) < 4.78 is 0. The highest BCUT2D eigenvalue weighted by molar-refractivity contribution is 5.34. The second-order valence-electron chi connectivity index (χ2n) is 10.6. The van der Waals surface area contributed by atoms with E-state index in [1.165, 1.54) is 30.4 Å². The monoisotopic (exact) mass is 398 g/mol. The molecule has 3 rings (SSSR count). The number of allylic oxidation sites excluding steroid dienone is 2. The molecule has 0 aromatic heterocycles. The van der Waals surface area contributed by atoms with Gasteiger partial charge in [0.2, 0.25) is 0 Å². The van der Waals surface area contributed by atoms with E-state index in [9.17, 15) is 10.2 Å². The second kappa shape index (κ2) is 9.25. The van der Waals surface area contributed by atoms with Crippen molar-refractivity contribution in [3.8, 4) is 5.75 Å². The summed E-state index contributed by atoms with van der Waals surface area (Å²) in [6.07, 6.45) is 12.5. The maximum absolute atomic E-state index is 10.9. The highest BCUT2D eigenvalue weighted by Gasteiger charge is 2.54. The van der Waals surface area contributed by atoms with Gasteiger partial charge in [0.25, 0.3) is 0 Å². The van der Waals surface area contributed by atoms with Crippen molar-refractivity contribution in [2.75, 3.05) is 0 Å². The van der Waals surface area contributed by atoms with Crippen LogP contribution in [0.4, 0.5) is 0 Å². The third-order valence-electron chi connectivity index (χ3n) is 8.23. The van der Waals surface area contributed by atoms with Crippen molar-refractivity contribution in [1.29, 1.82) is 0 Å². The first-order valence-electron chi connectivity index (χ1n) is 11.9. The highest BCUT2D eigenvalue weighted by Crippen LogP contribution is 2.60. The maximum atomic E-state index is 10.9. The van der Waals surface area contributed by atoms with E-state index in [1.54, 1.807) is 6.07 Å². The zero-order valence-electron chi connectivity index (χ0n) is 19.2. The van der Waals surface area contributed by atoms with E-state index in [4.69, 9.17) is 0 Å². The van der Waals surface area contributed by atoms with Gasteiger partial charge in [-0.2, -0.15) is 0 Å². The second-order valence-corrected chi connectivity index (χ2v) is 10.6. The fraction of sp³-hybridized carbons (Fsp3) is 0.704. The lowest BCUT2D eigenvalue weighted by Crippen LogP contribution is -2.45. The minimum absolute atomic E-state index is 0.170. The lowest BCUT2D eigenvalue weighted by atomic mass is 9.58. The van der Waals surface area contributed by atoms with Crippen molar-refractivity contribution in [2.24, 2.45) is 35.0 Å². The van der Waals surface area contributed by atoms with Crippen LogP contribution in [0.25, 0.3) is 0 Å². The average Bonchev–Trinajstić information content (AvgIpc) is 3.01. The van der Waals surface area contributed by atoms with Crippen molar-refractivity contribution in [2.45, 2.75) is 85.7 Å². The summed E-state index contributed by atoms with van der Waals surface area (Å²) in [4.78, 5) is 0. The van der Waals surface area contributed by atoms with Crippen molar-refractivity contribution in [3.63, 3.8) is 0 Å². The Morgan fingerprint density at radius 2 is 1.93 bits per heavy atom. The minimum atomic E-state index is -0.170. The predicted molar refractivity (Wildman–Crippen MR) is 122 cm³/mol. The maximum Gasteiger partial charge on any atom is 0.115 e. The molecular formula is C27H42O2. The lowest BCUT2D eigenvalue weighted by molar-refractivity contribution is -0.0493. The molecule has 0 bridgehead atoms. The molecule has 1 aromatic rings. The highest BCUT2D eigenvalue weighted by atomic mass is 16.3. The molecule has 0 heterocycles. The third kappa shape index (κ3) is 4.90. The molecule has 0 saturated heterocycles. The van der Waals surface area contributed by atoms with Gasteiger partial charge in [0.05, 0.1) is 6.10 Å². The number of aliphatic hydroxyl groups is 1. The average molecular weight is 399 g/mol. The minimum Gasteiger partial charge on any atom is -0.508 e. The van der Waals surface area contributed by atoms with Gasteiger partial charge in [0.15, 0.2) is 0 Å². The molecule has 2 heteroatoms. The van der Waals surface area contributed by atoms with Crippen molar-refractivity contribution in [1.82, 2.24) is 0 Å². The molecule has 2 nitrogen and oxygen atoms in total. The Balaban J connectivity index is 1.71. The number of fused-ring (bicyclic) bond motifs is 1. The number of aromatic hydroxyl groups is 1. The third-order valence-corrected chi connectivity index (χ3v) is 8.23. The van der Waals surface area contributed by atoms with Crippen LogP contribution in [0.15, 0.2) is 30.4 Å². The summed E-state index contributed by atoms with van der Waals surface area (Å²) in [5.74, 6) is 3.42. The van der Waals surface area contributed by atoms with Crippen LogP contribution in [-0.2, 0) is 6.42 Å². The molecule has 2 saturated carbocycles.